The lowest BCUT2D eigenvalue weighted by atomic mass is 9.73. The van der Waals surface area contributed by atoms with Crippen LogP contribution in [0, 0.1) is 5.41 Å². The molecule has 1 saturated carbocycles. The molecule has 0 radical (unpaired) electrons. The third kappa shape index (κ3) is 3.92. The first-order valence-corrected chi connectivity index (χ1v) is 8.44. The lowest BCUT2D eigenvalue weighted by molar-refractivity contribution is -0.150. The lowest BCUT2D eigenvalue weighted by Crippen LogP contribution is -2.32. The molecule has 0 spiro atoms. The molecule has 1 aliphatic rings. The Morgan fingerprint density at radius 3 is 2.52 bits per heavy atom. The summed E-state index contributed by atoms with van der Waals surface area (Å²) in [6.07, 6.45) is 6.13. The Morgan fingerprint density at radius 2 is 1.96 bits per heavy atom. The summed E-state index contributed by atoms with van der Waals surface area (Å²) in [7, 11) is 1.37. The Morgan fingerprint density at radius 1 is 1.26 bits per heavy atom. The average Bonchev–Trinajstić information content (AvgIpc) is 2.78. The number of carbonyl (C=O) groups is 2. The van der Waals surface area contributed by atoms with E-state index in [1.807, 2.05) is 12.1 Å². The second-order valence-electron chi connectivity index (χ2n) is 6.60. The summed E-state index contributed by atoms with van der Waals surface area (Å²) in [5.74, 6) is -0.757. The molecule has 1 aromatic rings. The minimum Gasteiger partial charge on any atom is -0.481 e. The van der Waals surface area contributed by atoms with Gasteiger partial charge in [0.15, 0.2) is 0 Å². The van der Waals surface area contributed by atoms with Crippen molar-refractivity contribution in [1.29, 1.82) is 0 Å². The van der Waals surface area contributed by atoms with E-state index >= 15 is 0 Å². The molecule has 0 bridgehead atoms. The molecule has 4 heteroatoms. The van der Waals surface area contributed by atoms with Crippen molar-refractivity contribution in [3.8, 4) is 0 Å². The molecule has 0 saturated heterocycles. The molecule has 126 valence electrons. The topological polar surface area (TPSA) is 63.6 Å². The van der Waals surface area contributed by atoms with Crippen LogP contribution in [0.2, 0.25) is 0 Å². The van der Waals surface area contributed by atoms with Gasteiger partial charge in [-0.25, -0.2) is 4.79 Å². The number of benzene rings is 1. The Bertz CT molecular complexity index is 549. The maximum atomic E-state index is 11.9. The number of aliphatic carboxylic acids is 1. The maximum absolute atomic E-state index is 11.9. The molecule has 0 amide bonds. The van der Waals surface area contributed by atoms with E-state index in [2.05, 4.69) is 6.92 Å². The zero-order chi connectivity index (χ0) is 16.9. The molecule has 0 aliphatic heterocycles. The highest BCUT2D eigenvalue weighted by molar-refractivity contribution is 5.89. The average molecular weight is 318 g/mol. The highest BCUT2D eigenvalue weighted by atomic mass is 16.5. The molecule has 1 aliphatic carbocycles. The fourth-order valence-corrected chi connectivity index (χ4v) is 3.83. The number of carboxylic acid groups (broad SMARTS) is 1. The fourth-order valence-electron chi connectivity index (χ4n) is 3.83. The Labute approximate surface area is 137 Å². The van der Waals surface area contributed by atoms with Crippen molar-refractivity contribution in [2.45, 2.75) is 57.8 Å². The lowest BCUT2D eigenvalue weighted by Gasteiger charge is -2.30. The predicted octanol–water partition coefficient (Wildman–Crippen LogP) is 4.39. The van der Waals surface area contributed by atoms with Crippen molar-refractivity contribution in [3.05, 3.63) is 35.4 Å². The summed E-state index contributed by atoms with van der Waals surface area (Å²) >= 11 is 0. The van der Waals surface area contributed by atoms with Crippen molar-refractivity contribution >= 4 is 11.9 Å². The number of carbonyl (C=O) groups excluding carboxylic acids is 1. The molecule has 0 heterocycles. The van der Waals surface area contributed by atoms with E-state index in [-0.39, 0.29) is 11.9 Å². The van der Waals surface area contributed by atoms with E-state index in [1.165, 1.54) is 7.11 Å². The van der Waals surface area contributed by atoms with E-state index in [1.54, 1.807) is 12.1 Å². The molecule has 4 nitrogen and oxygen atoms in total. The van der Waals surface area contributed by atoms with Gasteiger partial charge in [0.2, 0.25) is 0 Å². The van der Waals surface area contributed by atoms with Crippen LogP contribution in [-0.4, -0.2) is 24.2 Å². The number of rotatable bonds is 5. The van der Waals surface area contributed by atoms with Gasteiger partial charge in [-0.2, -0.15) is 0 Å². The number of methoxy groups -OCH3 is 1. The molecule has 1 N–H and O–H groups in total. The summed E-state index contributed by atoms with van der Waals surface area (Å²) < 4.78 is 4.72. The zero-order valence-corrected chi connectivity index (χ0v) is 14.0. The molecule has 23 heavy (non-hydrogen) atoms. The van der Waals surface area contributed by atoms with E-state index < -0.39 is 11.4 Å². The molecule has 0 aromatic heterocycles. The Hall–Kier alpha value is -1.84. The van der Waals surface area contributed by atoms with Gasteiger partial charge in [0, 0.05) is 0 Å². The van der Waals surface area contributed by atoms with E-state index in [4.69, 9.17) is 4.74 Å². The van der Waals surface area contributed by atoms with Crippen molar-refractivity contribution < 1.29 is 19.4 Å². The van der Waals surface area contributed by atoms with Crippen LogP contribution in [0.25, 0.3) is 0 Å². The molecule has 1 fully saturated rings. The number of esters is 1. The molecule has 2 rings (SSSR count). The maximum Gasteiger partial charge on any atom is 0.337 e. The van der Waals surface area contributed by atoms with Gasteiger partial charge >= 0.3 is 11.9 Å². The van der Waals surface area contributed by atoms with Gasteiger partial charge in [-0.15, -0.1) is 0 Å². The molecular weight excluding hydrogens is 292 g/mol. The highest BCUT2D eigenvalue weighted by Crippen LogP contribution is 2.45. The van der Waals surface area contributed by atoms with Crippen molar-refractivity contribution in [3.63, 3.8) is 0 Å². The van der Waals surface area contributed by atoms with Gasteiger partial charge in [-0.3, -0.25) is 4.79 Å². The SMILES string of the molecule is CCCC1(C(=O)O)CCCCC(c2ccc(C(=O)OC)cc2)C1. The standard InChI is InChI=1S/C19H26O4/c1-3-11-19(18(21)22)12-5-4-6-16(13-19)14-7-9-15(10-8-14)17(20)23-2/h7-10,16H,3-6,11-13H2,1-2H3,(H,21,22). The number of ether oxygens (including phenoxy) is 1. The van der Waals surface area contributed by atoms with Crippen LogP contribution in [0.4, 0.5) is 0 Å². The second kappa shape index (κ2) is 7.62. The summed E-state index contributed by atoms with van der Waals surface area (Å²) in [6, 6.07) is 7.43. The molecule has 1 aromatic carbocycles. The summed E-state index contributed by atoms with van der Waals surface area (Å²) in [4.78, 5) is 23.5. The van der Waals surface area contributed by atoms with E-state index in [9.17, 15) is 14.7 Å². The van der Waals surface area contributed by atoms with E-state index in [0.717, 1.165) is 44.1 Å². The van der Waals surface area contributed by atoms with Gasteiger partial charge in [-0.05, 0) is 49.3 Å². The predicted molar refractivity (Wildman–Crippen MR) is 88.6 cm³/mol. The first kappa shape index (κ1) is 17.5. The van der Waals surface area contributed by atoms with Gasteiger partial charge in [0.05, 0.1) is 18.1 Å². The van der Waals surface area contributed by atoms with Crippen LogP contribution in [0.5, 0.6) is 0 Å². The number of carboxylic acids is 1. The van der Waals surface area contributed by atoms with Gasteiger partial charge in [0.1, 0.15) is 0 Å². The van der Waals surface area contributed by atoms with Crippen LogP contribution in [0.15, 0.2) is 24.3 Å². The zero-order valence-electron chi connectivity index (χ0n) is 14.0. The Balaban J connectivity index is 2.23. The first-order chi connectivity index (χ1) is 11.0. The van der Waals surface area contributed by atoms with Gasteiger partial charge in [-0.1, -0.05) is 38.3 Å². The minimum absolute atomic E-state index is 0.242. The molecule has 2 atom stereocenters. The van der Waals surface area contributed by atoms with Crippen molar-refractivity contribution in [1.82, 2.24) is 0 Å². The summed E-state index contributed by atoms with van der Waals surface area (Å²) in [5.41, 5.74) is 1.06. The quantitative estimate of drug-likeness (QED) is 0.646. The van der Waals surface area contributed by atoms with Crippen LogP contribution < -0.4 is 0 Å². The first-order valence-electron chi connectivity index (χ1n) is 8.44. The van der Waals surface area contributed by atoms with Crippen molar-refractivity contribution in [2.24, 2.45) is 5.41 Å². The number of hydrogen-bond donors (Lipinski definition) is 1. The normalized spacial score (nSPS) is 24.7. The third-order valence-electron chi connectivity index (χ3n) is 5.08. The smallest absolute Gasteiger partial charge is 0.337 e. The number of hydrogen-bond acceptors (Lipinski definition) is 3. The van der Waals surface area contributed by atoms with Gasteiger partial charge in [0.25, 0.3) is 0 Å². The molecule has 2 unspecified atom stereocenters. The monoisotopic (exact) mass is 318 g/mol. The highest BCUT2D eigenvalue weighted by Gasteiger charge is 2.40. The van der Waals surface area contributed by atoms with Gasteiger partial charge < -0.3 is 9.84 Å². The summed E-state index contributed by atoms with van der Waals surface area (Å²) in [6.45, 7) is 2.05. The van der Waals surface area contributed by atoms with Crippen LogP contribution >= 0.6 is 0 Å². The third-order valence-corrected chi connectivity index (χ3v) is 5.08. The second-order valence-corrected chi connectivity index (χ2v) is 6.60. The van der Waals surface area contributed by atoms with Crippen LogP contribution in [-0.2, 0) is 9.53 Å². The Kier molecular flexibility index (Phi) is 5.80. The van der Waals surface area contributed by atoms with Crippen LogP contribution in [0.1, 0.15) is 73.7 Å². The fraction of sp³-hybridized carbons (Fsp3) is 0.579. The largest absolute Gasteiger partial charge is 0.481 e. The molecular formula is C19H26O4. The van der Waals surface area contributed by atoms with Crippen LogP contribution in [0.3, 0.4) is 0 Å². The minimum atomic E-state index is -0.655. The summed E-state index contributed by atoms with van der Waals surface area (Å²) in [5, 5.41) is 9.80. The van der Waals surface area contributed by atoms with E-state index in [0.29, 0.717) is 12.0 Å². The van der Waals surface area contributed by atoms with Crippen molar-refractivity contribution in [2.75, 3.05) is 7.11 Å².